The first-order valence-corrected chi connectivity index (χ1v) is 4.00. The van der Waals surface area contributed by atoms with E-state index in [4.69, 9.17) is 0 Å². The fraction of sp³-hybridized carbons (Fsp3) is 0.100. The monoisotopic (exact) mass is 172 g/mol. The van der Waals surface area contributed by atoms with Crippen LogP contribution in [0.2, 0.25) is 0 Å². The Bertz CT molecular complexity index is 465. The Hall–Kier alpha value is -1.77. The van der Waals surface area contributed by atoms with E-state index in [-0.39, 0.29) is 0 Å². The van der Waals surface area contributed by atoms with Gasteiger partial charge < -0.3 is 0 Å². The van der Waals surface area contributed by atoms with Crippen LogP contribution < -0.4 is 0 Å². The molecule has 0 atom stereocenters. The molecule has 1 heterocycles. The summed E-state index contributed by atoms with van der Waals surface area (Å²) < 4.78 is 0. The molecule has 3 heteroatoms. The van der Waals surface area contributed by atoms with Crippen LogP contribution >= 0.6 is 0 Å². The van der Waals surface area contributed by atoms with Gasteiger partial charge in [-0.3, -0.25) is 4.98 Å². The molecule has 0 unspecified atom stereocenters. The zero-order valence-electron chi connectivity index (χ0n) is 7.19. The number of aromatic nitrogens is 1. The van der Waals surface area contributed by atoms with E-state index >= 15 is 0 Å². The second-order valence-corrected chi connectivity index (χ2v) is 2.93. The summed E-state index contributed by atoms with van der Waals surface area (Å²) >= 11 is 0. The topological polar surface area (TPSA) is 42.3 Å². The summed E-state index contributed by atoms with van der Waals surface area (Å²) in [5, 5.41) is 3.89. The highest BCUT2D eigenvalue weighted by Crippen LogP contribution is 2.23. The van der Waals surface area contributed by atoms with Gasteiger partial charge >= 0.3 is 0 Å². The molecule has 13 heavy (non-hydrogen) atoms. The molecule has 0 bridgehead atoms. The van der Waals surface area contributed by atoms with Crippen LogP contribution in [-0.2, 0) is 0 Å². The molecule has 2 rings (SSSR count). The van der Waals surface area contributed by atoms with E-state index in [9.17, 15) is 4.91 Å². The highest BCUT2D eigenvalue weighted by atomic mass is 16.3. The summed E-state index contributed by atoms with van der Waals surface area (Å²) in [7, 11) is 0. The number of nitrogens with zero attached hydrogens (tertiary/aromatic N) is 2. The highest BCUT2D eigenvalue weighted by molar-refractivity contribution is 5.83. The second-order valence-electron chi connectivity index (χ2n) is 2.93. The van der Waals surface area contributed by atoms with Crippen LogP contribution in [0.1, 0.15) is 5.56 Å². The molecule has 0 radical (unpaired) electrons. The van der Waals surface area contributed by atoms with E-state index in [2.05, 4.69) is 10.2 Å². The van der Waals surface area contributed by atoms with Crippen LogP contribution in [0.25, 0.3) is 10.9 Å². The van der Waals surface area contributed by atoms with Crippen LogP contribution in [0.4, 0.5) is 5.69 Å². The first-order chi connectivity index (χ1) is 6.31. The molecule has 0 spiro atoms. The lowest BCUT2D eigenvalue weighted by Gasteiger charge is -1.99. The summed E-state index contributed by atoms with van der Waals surface area (Å²) in [5.74, 6) is 0. The number of hydrogen-bond acceptors (Lipinski definition) is 3. The first-order valence-electron chi connectivity index (χ1n) is 4.00. The van der Waals surface area contributed by atoms with Gasteiger partial charge in [0.2, 0.25) is 0 Å². The van der Waals surface area contributed by atoms with Gasteiger partial charge in [0.25, 0.3) is 0 Å². The van der Waals surface area contributed by atoms with Crippen molar-refractivity contribution in [3.8, 4) is 0 Å². The Morgan fingerprint density at radius 1 is 1.38 bits per heavy atom. The largest absolute Gasteiger partial charge is 0.256 e. The molecule has 1 aromatic heterocycles. The van der Waals surface area contributed by atoms with Gasteiger partial charge in [-0.2, -0.15) is 0 Å². The maximum atomic E-state index is 10.4. The van der Waals surface area contributed by atoms with Crippen molar-refractivity contribution in [1.82, 2.24) is 4.98 Å². The average molecular weight is 172 g/mol. The third-order valence-corrected chi connectivity index (χ3v) is 2.02. The Labute approximate surface area is 75.4 Å². The van der Waals surface area contributed by atoms with E-state index in [1.54, 1.807) is 12.3 Å². The van der Waals surface area contributed by atoms with Crippen LogP contribution in [0, 0.1) is 11.8 Å². The summed E-state index contributed by atoms with van der Waals surface area (Å²) in [5.41, 5.74) is 2.24. The molecule has 0 aliphatic heterocycles. The average Bonchev–Trinajstić information content (AvgIpc) is 2.17. The number of rotatable bonds is 1. The normalized spacial score (nSPS) is 10.2. The lowest BCUT2D eigenvalue weighted by molar-refractivity contribution is 1.36. The second kappa shape index (κ2) is 2.94. The first kappa shape index (κ1) is 7.86. The van der Waals surface area contributed by atoms with Crippen molar-refractivity contribution in [2.24, 2.45) is 5.18 Å². The number of hydrogen-bond donors (Lipinski definition) is 0. The van der Waals surface area contributed by atoms with Gasteiger partial charge in [0.1, 0.15) is 5.69 Å². The number of benzene rings is 1. The van der Waals surface area contributed by atoms with Gasteiger partial charge in [0, 0.05) is 11.6 Å². The van der Waals surface area contributed by atoms with Crippen molar-refractivity contribution in [2.45, 2.75) is 6.92 Å². The van der Waals surface area contributed by atoms with Crippen molar-refractivity contribution < 1.29 is 0 Å². The molecule has 0 aliphatic rings. The molecule has 3 nitrogen and oxygen atoms in total. The summed E-state index contributed by atoms with van der Waals surface area (Å²) in [6.45, 7) is 1.85. The molecule has 0 fully saturated rings. The Morgan fingerprint density at radius 2 is 2.23 bits per heavy atom. The van der Waals surface area contributed by atoms with E-state index in [0.29, 0.717) is 5.69 Å². The molecule has 0 amide bonds. The van der Waals surface area contributed by atoms with E-state index in [1.165, 1.54) is 0 Å². The van der Waals surface area contributed by atoms with Crippen LogP contribution in [0.3, 0.4) is 0 Å². The van der Waals surface area contributed by atoms with Gasteiger partial charge in [-0.1, -0.05) is 6.07 Å². The van der Waals surface area contributed by atoms with Crippen molar-refractivity contribution in [3.05, 3.63) is 40.9 Å². The summed E-state index contributed by atoms with van der Waals surface area (Å²) in [4.78, 5) is 14.6. The Kier molecular flexibility index (Phi) is 1.77. The van der Waals surface area contributed by atoms with Gasteiger partial charge in [-0.15, -0.1) is 4.91 Å². The maximum Gasteiger partial charge on any atom is 0.111 e. The predicted molar refractivity (Wildman–Crippen MR) is 51.9 cm³/mol. The SMILES string of the molecule is Cc1cc2ncccc2cc1N=O. The van der Waals surface area contributed by atoms with Crippen LogP contribution in [0.5, 0.6) is 0 Å². The molecule has 1 aromatic carbocycles. The zero-order chi connectivity index (χ0) is 9.26. The molecule has 64 valence electrons. The standard InChI is InChI=1S/C10H8N2O/c1-7-5-10-8(3-2-4-11-10)6-9(7)12-13/h2-6H,1H3. The van der Waals surface area contributed by atoms with Crippen molar-refractivity contribution in [1.29, 1.82) is 0 Å². The quantitative estimate of drug-likeness (QED) is 0.620. The molecular formula is C10H8N2O. The molecule has 0 saturated heterocycles. The van der Waals surface area contributed by atoms with Crippen LogP contribution in [0.15, 0.2) is 35.6 Å². The maximum absolute atomic E-state index is 10.4. The van der Waals surface area contributed by atoms with E-state index < -0.39 is 0 Å². The summed E-state index contributed by atoms with van der Waals surface area (Å²) in [6.07, 6.45) is 1.73. The van der Waals surface area contributed by atoms with E-state index in [0.717, 1.165) is 16.5 Å². The minimum absolute atomic E-state index is 0.487. The molecular weight excluding hydrogens is 164 g/mol. The third kappa shape index (κ3) is 1.28. The number of nitroso groups, excluding NO2 is 1. The fourth-order valence-corrected chi connectivity index (χ4v) is 1.31. The lowest BCUT2D eigenvalue weighted by atomic mass is 10.1. The van der Waals surface area contributed by atoms with Gasteiger partial charge in [0.15, 0.2) is 0 Å². The predicted octanol–water partition coefficient (Wildman–Crippen LogP) is 2.94. The molecule has 0 aliphatic carbocycles. The number of aryl methyl sites for hydroxylation is 1. The molecule has 0 N–H and O–H groups in total. The van der Waals surface area contributed by atoms with E-state index in [1.807, 2.05) is 25.1 Å². The van der Waals surface area contributed by atoms with Gasteiger partial charge in [0.05, 0.1) is 5.52 Å². The minimum atomic E-state index is 0.487. The molecule has 2 aromatic rings. The fourth-order valence-electron chi connectivity index (χ4n) is 1.31. The number of fused-ring (bicyclic) bond motifs is 1. The Balaban J connectivity index is 2.81. The van der Waals surface area contributed by atoms with Gasteiger partial charge in [-0.25, -0.2) is 0 Å². The van der Waals surface area contributed by atoms with Crippen LogP contribution in [-0.4, -0.2) is 4.98 Å². The lowest BCUT2D eigenvalue weighted by Crippen LogP contribution is -1.80. The van der Waals surface area contributed by atoms with Crippen molar-refractivity contribution in [2.75, 3.05) is 0 Å². The number of pyridine rings is 1. The smallest absolute Gasteiger partial charge is 0.111 e. The van der Waals surface area contributed by atoms with Crippen molar-refractivity contribution in [3.63, 3.8) is 0 Å². The highest BCUT2D eigenvalue weighted by Gasteiger charge is 2.00. The summed E-state index contributed by atoms with van der Waals surface area (Å²) in [6, 6.07) is 7.37. The van der Waals surface area contributed by atoms with Gasteiger partial charge in [-0.05, 0) is 35.9 Å². The minimum Gasteiger partial charge on any atom is -0.256 e. The zero-order valence-corrected chi connectivity index (χ0v) is 7.19. The third-order valence-electron chi connectivity index (χ3n) is 2.02. The van der Waals surface area contributed by atoms with Crippen molar-refractivity contribution >= 4 is 16.6 Å². The Morgan fingerprint density at radius 3 is 3.00 bits per heavy atom. The molecule has 0 saturated carbocycles.